The monoisotopic (exact) mass is 416 g/mol. The summed E-state index contributed by atoms with van der Waals surface area (Å²) in [6, 6.07) is 11.3. The molecule has 0 saturated carbocycles. The number of amides is 2. The Labute approximate surface area is 175 Å². The zero-order chi connectivity index (χ0) is 21.5. The highest BCUT2D eigenvalue weighted by Gasteiger charge is 2.33. The van der Waals surface area contributed by atoms with Crippen LogP contribution in [0.1, 0.15) is 24.4 Å². The van der Waals surface area contributed by atoms with Crippen LogP contribution in [0, 0.1) is 5.82 Å². The standard InChI is InChI=1S/C22H26FN3O4/c1-29-17-9-10-18(20(12-17)30-2)19-4-3-11-26(19)14-22(28)24-13-21(27)25-16-7-5-15(23)6-8-16/h5-10,12,19H,3-4,11,13-14H2,1-2H3,(H,24,28)(H,25,27)/p+1/t19-/m1/s1. The number of anilines is 1. The number of ether oxygens (including phenoxy) is 2. The number of benzene rings is 2. The van der Waals surface area contributed by atoms with Crippen molar-refractivity contribution in [3.8, 4) is 11.5 Å². The van der Waals surface area contributed by atoms with E-state index in [1.807, 2.05) is 18.2 Å². The Bertz CT molecular complexity index is 888. The van der Waals surface area contributed by atoms with Crippen molar-refractivity contribution >= 4 is 17.5 Å². The van der Waals surface area contributed by atoms with Crippen LogP contribution in [-0.2, 0) is 9.59 Å². The fraction of sp³-hybridized carbons (Fsp3) is 0.364. The SMILES string of the molecule is COc1ccc([C@H]2CCC[NH+]2CC(=O)NCC(=O)Nc2ccc(F)cc2)c(OC)c1. The predicted octanol–water partition coefficient (Wildman–Crippen LogP) is 1.32. The molecule has 0 aromatic heterocycles. The molecule has 0 aliphatic carbocycles. The maximum atomic E-state index is 12.9. The molecule has 1 aliphatic rings. The number of hydrogen-bond donors (Lipinski definition) is 3. The molecular formula is C22H27FN3O4+. The van der Waals surface area contributed by atoms with Crippen LogP contribution >= 0.6 is 0 Å². The topological polar surface area (TPSA) is 81.1 Å². The summed E-state index contributed by atoms with van der Waals surface area (Å²) < 4.78 is 23.7. The molecule has 2 aromatic carbocycles. The number of nitrogens with one attached hydrogen (secondary N) is 3. The van der Waals surface area contributed by atoms with E-state index in [9.17, 15) is 14.0 Å². The summed E-state index contributed by atoms with van der Waals surface area (Å²) in [6.07, 6.45) is 1.96. The van der Waals surface area contributed by atoms with Gasteiger partial charge < -0.3 is 25.0 Å². The maximum Gasteiger partial charge on any atom is 0.275 e. The molecule has 2 amide bonds. The zero-order valence-electron chi connectivity index (χ0n) is 17.2. The molecule has 0 radical (unpaired) electrons. The molecule has 1 aliphatic heterocycles. The Kier molecular flexibility index (Phi) is 7.24. The molecule has 30 heavy (non-hydrogen) atoms. The van der Waals surface area contributed by atoms with Crippen LogP contribution in [-0.4, -0.2) is 45.7 Å². The molecule has 7 nitrogen and oxygen atoms in total. The summed E-state index contributed by atoms with van der Waals surface area (Å²) in [4.78, 5) is 25.6. The van der Waals surface area contributed by atoms with Crippen molar-refractivity contribution in [1.29, 1.82) is 0 Å². The van der Waals surface area contributed by atoms with E-state index in [2.05, 4.69) is 10.6 Å². The third-order valence-corrected chi connectivity index (χ3v) is 5.26. The molecule has 1 saturated heterocycles. The molecule has 3 rings (SSSR count). The van der Waals surface area contributed by atoms with Crippen LogP contribution in [0.2, 0.25) is 0 Å². The van der Waals surface area contributed by atoms with Gasteiger partial charge in [0.15, 0.2) is 6.54 Å². The minimum atomic E-state index is -0.377. The zero-order valence-corrected chi connectivity index (χ0v) is 17.2. The van der Waals surface area contributed by atoms with Crippen LogP contribution in [0.25, 0.3) is 0 Å². The highest BCUT2D eigenvalue weighted by atomic mass is 19.1. The second kappa shape index (κ2) is 10.1. The van der Waals surface area contributed by atoms with Gasteiger partial charge in [0.1, 0.15) is 23.4 Å². The van der Waals surface area contributed by atoms with E-state index in [0.29, 0.717) is 5.69 Å². The van der Waals surface area contributed by atoms with Crippen molar-refractivity contribution in [1.82, 2.24) is 5.32 Å². The first-order chi connectivity index (χ1) is 14.5. The minimum absolute atomic E-state index is 0.139. The van der Waals surface area contributed by atoms with Gasteiger partial charge in [0.2, 0.25) is 5.91 Å². The Morgan fingerprint density at radius 1 is 1.10 bits per heavy atom. The Morgan fingerprint density at radius 3 is 2.57 bits per heavy atom. The highest BCUT2D eigenvalue weighted by Crippen LogP contribution is 2.31. The lowest BCUT2D eigenvalue weighted by molar-refractivity contribution is -0.910. The minimum Gasteiger partial charge on any atom is -0.497 e. The van der Waals surface area contributed by atoms with E-state index < -0.39 is 0 Å². The van der Waals surface area contributed by atoms with Crippen LogP contribution < -0.4 is 25.0 Å². The summed E-state index contributed by atoms with van der Waals surface area (Å²) in [7, 11) is 3.23. The third kappa shape index (κ3) is 5.48. The maximum absolute atomic E-state index is 12.9. The highest BCUT2D eigenvalue weighted by molar-refractivity contribution is 5.94. The molecule has 2 aromatic rings. The van der Waals surface area contributed by atoms with Gasteiger partial charge in [-0.15, -0.1) is 0 Å². The van der Waals surface area contributed by atoms with Crippen LogP contribution in [0.15, 0.2) is 42.5 Å². The second-order valence-electron chi connectivity index (χ2n) is 7.22. The number of carbonyl (C=O) groups is 2. The first-order valence-corrected chi connectivity index (χ1v) is 9.88. The number of methoxy groups -OCH3 is 2. The fourth-order valence-electron chi connectivity index (χ4n) is 3.79. The molecule has 3 N–H and O–H groups in total. The van der Waals surface area contributed by atoms with Crippen molar-refractivity contribution in [3.63, 3.8) is 0 Å². The van der Waals surface area contributed by atoms with Crippen molar-refractivity contribution in [2.24, 2.45) is 0 Å². The van der Waals surface area contributed by atoms with Gasteiger partial charge in [-0.25, -0.2) is 4.39 Å². The average Bonchev–Trinajstić information content (AvgIpc) is 3.21. The largest absolute Gasteiger partial charge is 0.497 e. The van der Waals surface area contributed by atoms with E-state index in [1.165, 1.54) is 24.3 Å². The summed E-state index contributed by atoms with van der Waals surface area (Å²) in [5.41, 5.74) is 1.53. The van der Waals surface area contributed by atoms with E-state index in [0.717, 1.165) is 41.3 Å². The van der Waals surface area contributed by atoms with Crippen molar-refractivity contribution in [3.05, 3.63) is 53.8 Å². The summed E-state index contributed by atoms with van der Waals surface area (Å²) in [5, 5.41) is 5.29. The second-order valence-corrected chi connectivity index (χ2v) is 7.22. The molecule has 0 spiro atoms. The molecule has 1 unspecified atom stereocenters. The van der Waals surface area contributed by atoms with Crippen molar-refractivity contribution in [2.75, 3.05) is 39.2 Å². The smallest absolute Gasteiger partial charge is 0.275 e. The number of quaternary nitrogens is 1. The van der Waals surface area contributed by atoms with E-state index in [-0.39, 0.29) is 36.8 Å². The van der Waals surface area contributed by atoms with Gasteiger partial charge in [-0.3, -0.25) is 9.59 Å². The van der Waals surface area contributed by atoms with E-state index in [1.54, 1.807) is 14.2 Å². The van der Waals surface area contributed by atoms with Crippen LogP contribution in [0.3, 0.4) is 0 Å². The fourth-order valence-corrected chi connectivity index (χ4v) is 3.79. The Balaban J connectivity index is 1.54. The normalized spacial score (nSPS) is 18.0. The Morgan fingerprint density at radius 2 is 1.87 bits per heavy atom. The molecular weight excluding hydrogens is 389 g/mol. The summed E-state index contributed by atoms with van der Waals surface area (Å²) in [5.74, 6) is 0.536. The van der Waals surface area contributed by atoms with Gasteiger partial charge in [0.25, 0.3) is 5.91 Å². The van der Waals surface area contributed by atoms with Crippen LogP contribution in [0.4, 0.5) is 10.1 Å². The number of halogens is 1. The van der Waals surface area contributed by atoms with Gasteiger partial charge >= 0.3 is 0 Å². The number of carbonyl (C=O) groups excluding carboxylic acids is 2. The number of likely N-dealkylation sites (tertiary alicyclic amines) is 1. The summed E-state index contributed by atoms with van der Waals surface area (Å²) >= 11 is 0. The Hall–Kier alpha value is -3.13. The summed E-state index contributed by atoms with van der Waals surface area (Å²) in [6.45, 7) is 0.999. The van der Waals surface area contributed by atoms with Crippen molar-refractivity contribution < 1.29 is 28.4 Å². The van der Waals surface area contributed by atoms with Gasteiger partial charge in [-0.1, -0.05) is 0 Å². The molecule has 8 heteroatoms. The van der Waals surface area contributed by atoms with Gasteiger partial charge in [0, 0.05) is 24.6 Å². The lowest BCUT2D eigenvalue weighted by Gasteiger charge is -2.23. The first-order valence-electron chi connectivity index (χ1n) is 9.88. The molecule has 160 valence electrons. The van der Waals surface area contributed by atoms with Gasteiger partial charge in [0.05, 0.1) is 32.9 Å². The van der Waals surface area contributed by atoms with E-state index in [4.69, 9.17) is 9.47 Å². The predicted molar refractivity (Wildman–Crippen MR) is 110 cm³/mol. The lowest BCUT2D eigenvalue weighted by atomic mass is 10.0. The third-order valence-electron chi connectivity index (χ3n) is 5.26. The van der Waals surface area contributed by atoms with E-state index >= 15 is 0 Å². The lowest BCUT2D eigenvalue weighted by Crippen LogP contribution is -3.11. The number of rotatable bonds is 8. The molecule has 1 fully saturated rings. The first kappa shape index (κ1) is 21.6. The average molecular weight is 416 g/mol. The van der Waals surface area contributed by atoms with Crippen LogP contribution in [0.5, 0.6) is 11.5 Å². The quantitative estimate of drug-likeness (QED) is 0.606. The number of hydrogen-bond acceptors (Lipinski definition) is 4. The van der Waals surface area contributed by atoms with Gasteiger partial charge in [-0.05, 0) is 36.4 Å². The van der Waals surface area contributed by atoms with Gasteiger partial charge in [-0.2, -0.15) is 0 Å². The molecule has 2 atom stereocenters. The molecule has 0 bridgehead atoms. The van der Waals surface area contributed by atoms with Crippen molar-refractivity contribution in [2.45, 2.75) is 18.9 Å². The molecule has 1 heterocycles.